The van der Waals surface area contributed by atoms with Crippen molar-refractivity contribution in [2.24, 2.45) is 0 Å². The van der Waals surface area contributed by atoms with Crippen molar-refractivity contribution in [1.82, 2.24) is 10.2 Å². The molecule has 0 aromatic carbocycles. The molecule has 0 aromatic rings. The fraction of sp³-hybridized carbons (Fsp3) is 1.00. The lowest BCUT2D eigenvalue weighted by Crippen LogP contribution is -2.49. The highest BCUT2D eigenvalue weighted by Crippen LogP contribution is 2.12. The van der Waals surface area contributed by atoms with Crippen molar-refractivity contribution in [2.75, 3.05) is 33.9 Å². The van der Waals surface area contributed by atoms with E-state index in [1.807, 2.05) is 0 Å². The maximum absolute atomic E-state index is 5.14. The molecule has 0 spiro atoms. The fourth-order valence-corrected chi connectivity index (χ4v) is 2.31. The molecule has 0 bridgehead atoms. The van der Waals surface area contributed by atoms with E-state index in [0.29, 0.717) is 12.1 Å². The van der Waals surface area contributed by atoms with E-state index < -0.39 is 0 Å². The predicted octanol–water partition coefficient (Wildman–Crippen LogP) is 2.12. The summed E-state index contributed by atoms with van der Waals surface area (Å²) in [7, 11) is 3.97. The van der Waals surface area contributed by atoms with Gasteiger partial charge in [0.15, 0.2) is 0 Å². The maximum atomic E-state index is 5.14. The summed E-state index contributed by atoms with van der Waals surface area (Å²) in [6, 6.07) is 1.23. The van der Waals surface area contributed by atoms with Crippen molar-refractivity contribution in [3.8, 4) is 0 Å². The molecular weight excluding hydrogens is 200 g/mol. The van der Waals surface area contributed by atoms with Gasteiger partial charge < -0.3 is 10.1 Å². The number of nitrogens with one attached hydrogen (secondary N) is 1. The van der Waals surface area contributed by atoms with Gasteiger partial charge in [0, 0.05) is 25.7 Å². The Kier molecular flexibility index (Phi) is 9.99. The highest BCUT2D eigenvalue weighted by atomic mass is 16.5. The van der Waals surface area contributed by atoms with E-state index in [0.717, 1.165) is 19.7 Å². The Morgan fingerprint density at radius 1 is 1.25 bits per heavy atom. The molecule has 0 saturated heterocycles. The van der Waals surface area contributed by atoms with E-state index >= 15 is 0 Å². The monoisotopic (exact) mass is 230 g/mol. The zero-order valence-corrected chi connectivity index (χ0v) is 11.8. The van der Waals surface area contributed by atoms with Crippen LogP contribution in [0.3, 0.4) is 0 Å². The molecule has 0 fully saturated rings. The maximum Gasteiger partial charge on any atom is 0.0589 e. The largest absolute Gasteiger partial charge is 0.383 e. The van der Waals surface area contributed by atoms with Gasteiger partial charge in [0.1, 0.15) is 0 Å². The van der Waals surface area contributed by atoms with E-state index in [4.69, 9.17) is 4.74 Å². The first kappa shape index (κ1) is 15.9. The molecule has 0 aliphatic carbocycles. The standard InChI is InChI=1S/C13H30N2O/c1-6-9-12(14-8-3)13(7-2)15(4)10-11-16-5/h12-14H,6-11H2,1-5H3. The van der Waals surface area contributed by atoms with Gasteiger partial charge in [-0.3, -0.25) is 4.90 Å². The van der Waals surface area contributed by atoms with Crippen LogP contribution in [0.1, 0.15) is 40.0 Å². The van der Waals surface area contributed by atoms with E-state index in [9.17, 15) is 0 Å². The van der Waals surface area contributed by atoms with Crippen LogP contribution in [0.25, 0.3) is 0 Å². The minimum absolute atomic E-state index is 0.613. The van der Waals surface area contributed by atoms with Crippen LogP contribution in [-0.2, 0) is 4.74 Å². The fourth-order valence-electron chi connectivity index (χ4n) is 2.31. The molecule has 98 valence electrons. The van der Waals surface area contributed by atoms with Crippen molar-refractivity contribution in [3.05, 3.63) is 0 Å². The molecule has 2 unspecified atom stereocenters. The quantitative estimate of drug-likeness (QED) is 0.622. The lowest BCUT2D eigenvalue weighted by molar-refractivity contribution is 0.118. The molecule has 0 aliphatic heterocycles. The average molecular weight is 230 g/mol. The third-order valence-electron chi connectivity index (χ3n) is 3.16. The molecule has 0 rings (SSSR count). The third-order valence-corrected chi connectivity index (χ3v) is 3.16. The Labute approximate surface area is 102 Å². The number of rotatable bonds is 10. The molecule has 1 N–H and O–H groups in total. The lowest BCUT2D eigenvalue weighted by Gasteiger charge is -2.34. The summed E-state index contributed by atoms with van der Waals surface area (Å²) in [5.41, 5.74) is 0. The van der Waals surface area contributed by atoms with Crippen molar-refractivity contribution in [3.63, 3.8) is 0 Å². The second kappa shape index (κ2) is 10.1. The first-order chi connectivity index (χ1) is 7.71. The van der Waals surface area contributed by atoms with Crippen LogP contribution in [0.2, 0.25) is 0 Å². The van der Waals surface area contributed by atoms with Crippen LogP contribution in [0.5, 0.6) is 0 Å². The van der Waals surface area contributed by atoms with Gasteiger partial charge in [0.05, 0.1) is 6.61 Å². The molecule has 0 aromatic heterocycles. The summed E-state index contributed by atoms with van der Waals surface area (Å²) in [6.45, 7) is 9.60. The Bertz CT molecular complexity index is 147. The van der Waals surface area contributed by atoms with Gasteiger partial charge in [-0.05, 0) is 26.4 Å². The number of likely N-dealkylation sites (N-methyl/N-ethyl adjacent to an activating group) is 2. The van der Waals surface area contributed by atoms with Crippen molar-refractivity contribution in [2.45, 2.75) is 52.1 Å². The molecule has 0 saturated carbocycles. The summed E-state index contributed by atoms with van der Waals surface area (Å²) in [4.78, 5) is 2.42. The molecule has 0 amide bonds. The number of methoxy groups -OCH3 is 1. The highest BCUT2D eigenvalue weighted by Gasteiger charge is 2.21. The average Bonchev–Trinajstić information content (AvgIpc) is 2.28. The van der Waals surface area contributed by atoms with Crippen LogP contribution in [-0.4, -0.2) is 50.8 Å². The molecule has 16 heavy (non-hydrogen) atoms. The highest BCUT2D eigenvalue weighted by molar-refractivity contribution is 4.81. The predicted molar refractivity (Wildman–Crippen MR) is 71.0 cm³/mol. The number of nitrogens with zero attached hydrogens (tertiary/aromatic N) is 1. The van der Waals surface area contributed by atoms with E-state index in [1.54, 1.807) is 7.11 Å². The minimum Gasteiger partial charge on any atom is -0.383 e. The minimum atomic E-state index is 0.613. The Hall–Kier alpha value is -0.120. The van der Waals surface area contributed by atoms with Crippen molar-refractivity contribution < 1.29 is 4.74 Å². The topological polar surface area (TPSA) is 24.5 Å². The normalized spacial score (nSPS) is 15.4. The van der Waals surface area contributed by atoms with Crippen LogP contribution in [0.15, 0.2) is 0 Å². The van der Waals surface area contributed by atoms with Crippen LogP contribution in [0.4, 0.5) is 0 Å². The van der Waals surface area contributed by atoms with Gasteiger partial charge in [0.25, 0.3) is 0 Å². The molecule has 0 radical (unpaired) electrons. The van der Waals surface area contributed by atoms with Gasteiger partial charge in [-0.1, -0.05) is 27.2 Å². The van der Waals surface area contributed by atoms with Crippen molar-refractivity contribution in [1.29, 1.82) is 0 Å². The van der Waals surface area contributed by atoms with Gasteiger partial charge in [-0.2, -0.15) is 0 Å². The second-order valence-corrected chi connectivity index (χ2v) is 4.40. The van der Waals surface area contributed by atoms with Crippen molar-refractivity contribution >= 4 is 0 Å². The molecule has 0 aliphatic rings. The first-order valence-corrected chi connectivity index (χ1v) is 6.63. The summed E-state index contributed by atoms with van der Waals surface area (Å²) >= 11 is 0. The Morgan fingerprint density at radius 2 is 1.94 bits per heavy atom. The molecule has 0 heterocycles. The molecule has 2 atom stereocenters. The van der Waals surface area contributed by atoms with E-state index in [1.165, 1.54) is 19.3 Å². The summed E-state index contributed by atoms with van der Waals surface area (Å²) in [5.74, 6) is 0. The summed E-state index contributed by atoms with van der Waals surface area (Å²) < 4.78 is 5.14. The summed E-state index contributed by atoms with van der Waals surface area (Å²) in [6.07, 6.45) is 3.69. The molecule has 3 heteroatoms. The molecule has 3 nitrogen and oxygen atoms in total. The zero-order chi connectivity index (χ0) is 12.4. The van der Waals surface area contributed by atoms with Crippen LogP contribution < -0.4 is 5.32 Å². The van der Waals surface area contributed by atoms with E-state index in [2.05, 4.69) is 38.0 Å². The smallest absolute Gasteiger partial charge is 0.0589 e. The zero-order valence-electron chi connectivity index (χ0n) is 11.8. The second-order valence-electron chi connectivity index (χ2n) is 4.40. The first-order valence-electron chi connectivity index (χ1n) is 6.63. The third kappa shape index (κ3) is 5.83. The van der Waals surface area contributed by atoms with E-state index in [-0.39, 0.29) is 0 Å². The van der Waals surface area contributed by atoms with Gasteiger partial charge >= 0.3 is 0 Å². The SMILES string of the molecule is CCCC(NCC)C(CC)N(C)CCOC. The Balaban J connectivity index is 4.26. The number of hydrogen-bond donors (Lipinski definition) is 1. The lowest BCUT2D eigenvalue weighted by atomic mass is 9.99. The molecular formula is C13H30N2O. The van der Waals surface area contributed by atoms with Gasteiger partial charge in [0.2, 0.25) is 0 Å². The number of hydrogen-bond acceptors (Lipinski definition) is 3. The van der Waals surface area contributed by atoms with Crippen LogP contribution >= 0.6 is 0 Å². The summed E-state index contributed by atoms with van der Waals surface area (Å²) in [5, 5.41) is 3.61. The van der Waals surface area contributed by atoms with Gasteiger partial charge in [-0.15, -0.1) is 0 Å². The Morgan fingerprint density at radius 3 is 2.38 bits per heavy atom. The number of ether oxygens (including phenoxy) is 1. The van der Waals surface area contributed by atoms with Gasteiger partial charge in [-0.25, -0.2) is 0 Å². The van der Waals surface area contributed by atoms with Crippen LogP contribution in [0, 0.1) is 0 Å².